The molecule has 0 spiro atoms. The van der Waals surface area contributed by atoms with Crippen LogP contribution in [0.4, 0.5) is 0 Å². The van der Waals surface area contributed by atoms with Crippen molar-refractivity contribution in [3.05, 3.63) is 58.1 Å². The lowest BCUT2D eigenvalue weighted by Crippen LogP contribution is -2.12. The molecule has 124 valence electrons. The number of esters is 1. The SMILES string of the molecule is CCOC(=O)c1ccccc1Oc1nc[nH]c(=O)c1/C=C/C(C)=O. The highest BCUT2D eigenvalue weighted by Crippen LogP contribution is 2.26. The van der Waals surface area contributed by atoms with Crippen LogP contribution in [0.25, 0.3) is 6.08 Å². The molecule has 0 atom stereocenters. The number of hydrogen-bond acceptors (Lipinski definition) is 6. The number of carbonyl (C=O) groups excluding carboxylic acids is 2. The Morgan fingerprint density at radius 2 is 2.04 bits per heavy atom. The van der Waals surface area contributed by atoms with Gasteiger partial charge in [0.15, 0.2) is 5.78 Å². The summed E-state index contributed by atoms with van der Waals surface area (Å²) in [7, 11) is 0. The zero-order chi connectivity index (χ0) is 17.5. The van der Waals surface area contributed by atoms with Crippen LogP contribution in [0, 0.1) is 0 Å². The largest absolute Gasteiger partial charge is 0.462 e. The van der Waals surface area contributed by atoms with Crippen LogP contribution in [0.2, 0.25) is 0 Å². The number of hydrogen-bond donors (Lipinski definition) is 1. The minimum absolute atomic E-state index is 0.0204. The van der Waals surface area contributed by atoms with E-state index >= 15 is 0 Å². The Kier molecular flexibility index (Phi) is 5.62. The Morgan fingerprint density at radius 1 is 1.29 bits per heavy atom. The zero-order valence-corrected chi connectivity index (χ0v) is 13.2. The predicted molar refractivity (Wildman–Crippen MR) is 87.0 cm³/mol. The lowest BCUT2D eigenvalue weighted by molar-refractivity contribution is -0.112. The fourth-order valence-electron chi connectivity index (χ4n) is 1.86. The van der Waals surface area contributed by atoms with Gasteiger partial charge in [-0.15, -0.1) is 0 Å². The molecule has 0 radical (unpaired) electrons. The molecule has 1 aromatic carbocycles. The van der Waals surface area contributed by atoms with E-state index in [1.165, 1.54) is 25.4 Å². The number of nitrogens with zero attached hydrogens (tertiary/aromatic N) is 1. The molecule has 7 heteroatoms. The summed E-state index contributed by atoms with van der Waals surface area (Å²) in [4.78, 5) is 41.4. The first kappa shape index (κ1) is 17.1. The van der Waals surface area contributed by atoms with Crippen LogP contribution < -0.4 is 10.3 Å². The van der Waals surface area contributed by atoms with Gasteiger partial charge in [0, 0.05) is 0 Å². The third-order valence-corrected chi connectivity index (χ3v) is 2.93. The Hall–Kier alpha value is -3.22. The van der Waals surface area contributed by atoms with Crippen molar-refractivity contribution in [2.24, 2.45) is 0 Å². The molecule has 0 aliphatic rings. The van der Waals surface area contributed by atoms with Crippen LogP contribution in [0.5, 0.6) is 11.6 Å². The maximum absolute atomic E-state index is 12.0. The molecular formula is C17H16N2O5. The molecule has 0 aliphatic heterocycles. The standard InChI is InChI=1S/C17H16N2O5/c1-3-23-17(22)12-6-4-5-7-14(12)24-16-13(9-8-11(2)20)15(21)18-10-19-16/h4-10H,3H2,1-2H3,(H,18,19,21)/b9-8+. The number of benzene rings is 1. The van der Waals surface area contributed by atoms with Crippen LogP contribution in [0.1, 0.15) is 29.8 Å². The first-order chi connectivity index (χ1) is 11.5. The van der Waals surface area contributed by atoms with Gasteiger partial charge < -0.3 is 14.5 Å². The van der Waals surface area contributed by atoms with Gasteiger partial charge in [-0.05, 0) is 38.1 Å². The summed E-state index contributed by atoms with van der Waals surface area (Å²) in [5, 5.41) is 0. The quantitative estimate of drug-likeness (QED) is 0.645. The van der Waals surface area contributed by atoms with Gasteiger partial charge in [-0.25, -0.2) is 9.78 Å². The molecule has 2 rings (SSSR count). The van der Waals surface area contributed by atoms with Crippen LogP contribution in [-0.4, -0.2) is 28.3 Å². The molecule has 1 heterocycles. The summed E-state index contributed by atoms with van der Waals surface area (Å²) < 4.78 is 10.6. The van der Waals surface area contributed by atoms with Gasteiger partial charge in [0.25, 0.3) is 5.56 Å². The molecule has 0 fully saturated rings. The molecule has 24 heavy (non-hydrogen) atoms. The highest BCUT2D eigenvalue weighted by atomic mass is 16.5. The molecule has 0 saturated heterocycles. The summed E-state index contributed by atoms with van der Waals surface area (Å²) in [6, 6.07) is 6.45. The van der Waals surface area contributed by atoms with Crippen LogP contribution in [0.3, 0.4) is 0 Å². The third kappa shape index (κ3) is 4.16. The third-order valence-electron chi connectivity index (χ3n) is 2.93. The number of allylic oxidation sites excluding steroid dienone is 1. The molecule has 2 aromatic rings. The molecule has 1 N–H and O–H groups in total. The van der Waals surface area contributed by atoms with Gasteiger partial charge in [-0.2, -0.15) is 0 Å². The lowest BCUT2D eigenvalue weighted by Gasteiger charge is -2.10. The first-order valence-electron chi connectivity index (χ1n) is 7.23. The van der Waals surface area contributed by atoms with E-state index in [1.54, 1.807) is 31.2 Å². The Morgan fingerprint density at radius 3 is 2.75 bits per heavy atom. The Bertz CT molecular complexity index is 839. The highest BCUT2D eigenvalue weighted by Gasteiger charge is 2.16. The van der Waals surface area contributed by atoms with E-state index in [9.17, 15) is 14.4 Å². The van der Waals surface area contributed by atoms with Gasteiger partial charge >= 0.3 is 5.97 Å². The number of rotatable bonds is 6. The Balaban J connectivity index is 2.43. The molecule has 7 nitrogen and oxygen atoms in total. The molecule has 0 amide bonds. The maximum atomic E-state index is 12.0. The normalized spacial score (nSPS) is 10.6. The van der Waals surface area contributed by atoms with E-state index in [-0.39, 0.29) is 35.1 Å². The molecular weight excluding hydrogens is 312 g/mol. The average Bonchev–Trinajstić information content (AvgIpc) is 2.55. The zero-order valence-electron chi connectivity index (χ0n) is 13.2. The van der Waals surface area contributed by atoms with Crippen molar-refractivity contribution in [1.29, 1.82) is 0 Å². The van der Waals surface area contributed by atoms with Crippen molar-refractivity contribution in [2.45, 2.75) is 13.8 Å². The monoisotopic (exact) mass is 328 g/mol. The summed E-state index contributed by atoms with van der Waals surface area (Å²) in [5.74, 6) is -0.589. The average molecular weight is 328 g/mol. The van der Waals surface area contributed by atoms with Crippen molar-refractivity contribution in [3.8, 4) is 11.6 Å². The molecule has 0 unspecified atom stereocenters. The number of H-pyrrole nitrogens is 1. The van der Waals surface area contributed by atoms with Gasteiger partial charge in [-0.3, -0.25) is 9.59 Å². The van der Waals surface area contributed by atoms with Crippen molar-refractivity contribution < 1.29 is 19.1 Å². The summed E-state index contributed by atoms with van der Waals surface area (Å²) in [5.41, 5.74) is -0.180. The van der Waals surface area contributed by atoms with Crippen molar-refractivity contribution in [1.82, 2.24) is 9.97 Å². The smallest absolute Gasteiger partial charge is 0.341 e. The minimum Gasteiger partial charge on any atom is -0.462 e. The maximum Gasteiger partial charge on any atom is 0.341 e. The number of carbonyl (C=O) groups is 2. The van der Waals surface area contributed by atoms with E-state index in [2.05, 4.69) is 9.97 Å². The van der Waals surface area contributed by atoms with Gasteiger partial charge in [0.05, 0.1) is 12.9 Å². The number of aromatic nitrogens is 2. The second-order valence-electron chi connectivity index (χ2n) is 4.71. The van der Waals surface area contributed by atoms with Crippen LogP contribution >= 0.6 is 0 Å². The fraction of sp³-hybridized carbons (Fsp3) is 0.176. The van der Waals surface area contributed by atoms with E-state index in [0.29, 0.717) is 0 Å². The first-order valence-corrected chi connectivity index (χ1v) is 7.23. The second kappa shape index (κ2) is 7.87. The topological polar surface area (TPSA) is 98.3 Å². The lowest BCUT2D eigenvalue weighted by atomic mass is 10.2. The van der Waals surface area contributed by atoms with Crippen molar-refractivity contribution >= 4 is 17.8 Å². The van der Waals surface area contributed by atoms with Crippen LogP contribution in [-0.2, 0) is 9.53 Å². The summed E-state index contributed by atoms with van der Waals surface area (Å²) in [6.07, 6.45) is 3.72. The predicted octanol–water partition coefficient (Wildman–Crippen LogP) is 2.34. The van der Waals surface area contributed by atoms with E-state index in [0.717, 1.165) is 0 Å². The second-order valence-corrected chi connectivity index (χ2v) is 4.71. The Labute approximate surface area is 138 Å². The number of nitrogens with one attached hydrogen (secondary N) is 1. The van der Waals surface area contributed by atoms with Gasteiger partial charge in [0.2, 0.25) is 5.88 Å². The molecule has 0 aliphatic carbocycles. The number of para-hydroxylation sites is 1. The van der Waals surface area contributed by atoms with E-state index in [4.69, 9.17) is 9.47 Å². The molecule has 0 bridgehead atoms. The fourth-order valence-corrected chi connectivity index (χ4v) is 1.86. The van der Waals surface area contributed by atoms with Crippen molar-refractivity contribution in [2.75, 3.05) is 6.61 Å². The van der Waals surface area contributed by atoms with E-state index in [1.807, 2.05) is 0 Å². The highest BCUT2D eigenvalue weighted by molar-refractivity contribution is 5.93. The molecule has 1 aromatic heterocycles. The van der Waals surface area contributed by atoms with Gasteiger partial charge in [-0.1, -0.05) is 12.1 Å². The van der Waals surface area contributed by atoms with Gasteiger partial charge in [0.1, 0.15) is 16.9 Å². The number of aromatic amines is 1. The number of ketones is 1. The summed E-state index contributed by atoms with van der Waals surface area (Å²) in [6.45, 7) is 3.28. The summed E-state index contributed by atoms with van der Waals surface area (Å²) >= 11 is 0. The van der Waals surface area contributed by atoms with E-state index < -0.39 is 11.5 Å². The number of ether oxygens (including phenoxy) is 2. The van der Waals surface area contributed by atoms with Crippen molar-refractivity contribution in [3.63, 3.8) is 0 Å². The van der Waals surface area contributed by atoms with Crippen LogP contribution in [0.15, 0.2) is 41.5 Å². The minimum atomic E-state index is -0.543. The molecule has 0 saturated carbocycles.